The molecule has 0 amide bonds. The molecule has 1 aliphatic carbocycles. The number of esters is 1. The van der Waals surface area contributed by atoms with Crippen molar-refractivity contribution in [3.8, 4) is 0 Å². The normalized spacial score (nSPS) is 32.4. The first-order chi connectivity index (χ1) is 6.29. The van der Waals surface area contributed by atoms with Crippen molar-refractivity contribution in [2.75, 3.05) is 19.7 Å². The number of hydrogen-bond donors (Lipinski definition) is 0. The van der Waals surface area contributed by atoms with Crippen molar-refractivity contribution in [1.29, 1.82) is 0 Å². The average molecular weight is 183 g/mol. The van der Waals surface area contributed by atoms with Gasteiger partial charge in [-0.05, 0) is 32.1 Å². The fraction of sp³-hybridized carbons (Fsp3) is 0.900. The summed E-state index contributed by atoms with van der Waals surface area (Å²) in [6.07, 6.45) is 3.95. The van der Waals surface area contributed by atoms with Crippen molar-refractivity contribution in [2.24, 2.45) is 5.92 Å². The van der Waals surface area contributed by atoms with Gasteiger partial charge < -0.3 is 4.74 Å². The molecule has 0 aromatic rings. The summed E-state index contributed by atoms with van der Waals surface area (Å²) in [7, 11) is 0. The molecule has 2 bridgehead atoms. The van der Waals surface area contributed by atoms with Gasteiger partial charge >= 0.3 is 5.97 Å². The second kappa shape index (κ2) is 3.66. The molecule has 2 atom stereocenters. The van der Waals surface area contributed by atoms with Gasteiger partial charge in [-0.25, -0.2) is 0 Å². The van der Waals surface area contributed by atoms with Crippen LogP contribution in [-0.4, -0.2) is 36.6 Å². The molecular weight excluding hydrogens is 166 g/mol. The third kappa shape index (κ3) is 1.85. The summed E-state index contributed by atoms with van der Waals surface area (Å²) in [6.45, 7) is 3.98. The van der Waals surface area contributed by atoms with E-state index in [0.29, 0.717) is 19.2 Å². The van der Waals surface area contributed by atoms with Crippen LogP contribution >= 0.6 is 0 Å². The van der Waals surface area contributed by atoms with E-state index in [4.69, 9.17) is 4.74 Å². The van der Waals surface area contributed by atoms with Crippen molar-refractivity contribution in [2.45, 2.75) is 32.2 Å². The molecule has 2 rings (SSSR count). The predicted octanol–water partition coefficient (Wildman–Crippen LogP) is 1.03. The van der Waals surface area contributed by atoms with Gasteiger partial charge in [0.15, 0.2) is 0 Å². The molecular formula is C10H17NO2. The first-order valence-corrected chi connectivity index (χ1v) is 5.19. The largest absolute Gasteiger partial charge is 0.465 e. The zero-order valence-corrected chi connectivity index (χ0v) is 8.16. The second-order valence-corrected chi connectivity index (χ2v) is 4.07. The van der Waals surface area contributed by atoms with Crippen LogP contribution in [0.3, 0.4) is 0 Å². The molecule has 1 saturated carbocycles. The van der Waals surface area contributed by atoms with Crippen LogP contribution in [0.25, 0.3) is 0 Å². The van der Waals surface area contributed by atoms with Gasteiger partial charge in [0, 0.05) is 12.6 Å². The number of carbonyl (C=O) groups is 1. The van der Waals surface area contributed by atoms with Gasteiger partial charge in [-0.2, -0.15) is 0 Å². The topological polar surface area (TPSA) is 29.5 Å². The van der Waals surface area contributed by atoms with Gasteiger partial charge in [-0.1, -0.05) is 0 Å². The summed E-state index contributed by atoms with van der Waals surface area (Å²) in [4.78, 5) is 13.5. The summed E-state index contributed by atoms with van der Waals surface area (Å²) in [5.41, 5.74) is 0. The SMILES string of the molecule is CCOC(=O)CN1C[C@H]2CC[C@@H]1C2. The van der Waals surface area contributed by atoms with E-state index in [1.807, 2.05) is 6.92 Å². The summed E-state index contributed by atoms with van der Waals surface area (Å²) < 4.78 is 4.93. The Morgan fingerprint density at radius 2 is 2.38 bits per heavy atom. The molecule has 0 aromatic carbocycles. The van der Waals surface area contributed by atoms with Gasteiger partial charge in [0.2, 0.25) is 0 Å². The predicted molar refractivity (Wildman–Crippen MR) is 49.3 cm³/mol. The van der Waals surface area contributed by atoms with Crippen LogP contribution in [0.2, 0.25) is 0 Å². The minimum atomic E-state index is -0.0601. The van der Waals surface area contributed by atoms with E-state index in [1.165, 1.54) is 19.3 Å². The maximum atomic E-state index is 11.2. The van der Waals surface area contributed by atoms with Crippen molar-refractivity contribution >= 4 is 5.97 Å². The maximum Gasteiger partial charge on any atom is 0.320 e. The fourth-order valence-electron chi connectivity index (χ4n) is 2.59. The molecule has 0 N–H and O–H groups in total. The number of piperidine rings is 1. The Labute approximate surface area is 79.0 Å². The Morgan fingerprint density at radius 3 is 2.92 bits per heavy atom. The highest BCUT2D eigenvalue weighted by Gasteiger charge is 2.38. The smallest absolute Gasteiger partial charge is 0.320 e. The lowest BCUT2D eigenvalue weighted by molar-refractivity contribution is -0.144. The summed E-state index contributed by atoms with van der Waals surface area (Å²) >= 11 is 0. The number of hydrogen-bond acceptors (Lipinski definition) is 3. The van der Waals surface area contributed by atoms with Crippen molar-refractivity contribution in [3.63, 3.8) is 0 Å². The molecule has 13 heavy (non-hydrogen) atoms. The molecule has 0 spiro atoms. The lowest BCUT2D eigenvalue weighted by Gasteiger charge is -2.25. The van der Waals surface area contributed by atoms with E-state index in [2.05, 4.69) is 4.90 Å². The minimum absolute atomic E-state index is 0.0601. The number of carbonyl (C=O) groups excluding carboxylic acids is 1. The summed E-state index contributed by atoms with van der Waals surface area (Å²) in [5.74, 6) is 0.800. The van der Waals surface area contributed by atoms with E-state index in [-0.39, 0.29) is 5.97 Å². The van der Waals surface area contributed by atoms with Gasteiger partial charge in [0.1, 0.15) is 0 Å². The molecule has 74 valence electrons. The van der Waals surface area contributed by atoms with Crippen LogP contribution in [-0.2, 0) is 9.53 Å². The Kier molecular flexibility index (Phi) is 2.54. The van der Waals surface area contributed by atoms with Crippen LogP contribution < -0.4 is 0 Å². The number of ether oxygens (including phenoxy) is 1. The van der Waals surface area contributed by atoms with Crippen LogP contribution in [0, 0.1) is 5.92 Å². The van der Waals surface area contributed by atoms with Crippen LogP contribution in [0.5, 0.6) is 0 Å². The first kappa shape index (κ1) is 9.00. The van der Waals surface area contributed by atoms with Crippen molar-refractivity contribution < 1.29 is 9.53 Å². The van der Waals surface area contributed by atoms with Gasteiger partial charge in [-0.3, -0.25) is 9.69 Å². The van der Waals surface area contributed by atoms with E-state index < -0.39 is 0 Å². The first-order valence-electron chi connectivity index (χ1n) is 5.19. The molecule has 1 aliphatic heterocycles. The molecule has 3 heteroatoms. The Bertz CT molecular complexity index is 205. The lowest BCUT2D eigenvalue weighted by atomic mass is 10.1. The molecule has 2 aliphatic rings. The van der Waals surface area contributed by atoms with E-state index in [1.54, 1.807) is 0 Å². The maximum absolute atomic E-state index is 11.2. The average Bonchev–Trinajstić information content (AvgIpc) is 2.65. The van der Waals surface area contributed by atoms with Crippen LogP contribution in [0.15, 0.2) is 0 Å². The molecule has 0 unspecified atom stereocenters. The van der Waals surface area contributed by atoms with Crippen molar-refractivity contribution in [3.05, 3.63) is 0 Å². The number of fused-ring (bicyclic) bond motifs is 2. The lowest BCUT2D eigenvalue weighted by Crippen LogP contribution is -2.37. The van der Waals surface area contributed by atoms with E-state index >= 15 is 0 Å². The third-order valence-electron chi connectivity index (χ3n) is 3.16. The monoisotopic (exact) mass is 183 g/mol. The van der Waals surface area contributed by atoms with Gasteiger partial charge in [0.25, 0.3) is 0 Å². The highest BCUT2D eigenvalue weighted by Crippen LogP contribution is 2.36. The standard InChI is InChI=1S/C10H17NO2/c1-2-13-10(12)7-11-6-8-3-4-9(11)5-8/h8-9H,2-7H2,1H3/t8-,9+/m0/s1. The van der Waals surface area contributed by atoms with E-state index in [0.717, 1.165) is 12.5 Å². The van der Waals surface area contributed by atoms with Gasteiger partial charge in [0.05, 0.1) is 13.2 Å². The third-order valence-corrected chi connectivity index (χ3v) is 3.16. The Balaban J connectivity index is 1.79. The van der Waals surface area contributed by atoms with E-state index in [9.17, 15) is 4.79 Å². The zero-order valence-electron chi connectivity index (χ0n) is 8.16. The molecule has 0 aromatic heterocycles. The highest BCUT2D eigenvalue weighted by atomic mass is 16.5. The quantitative estimate of drug-likeness (QED) is 0.612. The minimum Gasteiger partial charge on any atom is -0.465 e. The molecule has 3 nitrogen and oxygen atoms in total. The molecule has 2 fully saturated rings. The molecule has 1 saturated heterocycles. The number of likely N-dealkylation sites (tertiary alicyclic amines) is 1. The second-order valence-electron chi connectivity index (χ2n) is 4.07. The van der Waals surface area contributed by atoms with Crippen LogP contribution in [0.1, 0.15) is 26.2 Å². The zero-order chi connectivity index (χ0) is 9.26. The highest BCUT2D eigenvalue weighted by molar-refractivity contribution is 5.71. The van der Waals surface area contributed by atoms with Crippen LogP contribution in [0.4, 0.5) is 0 Å². The summed E-state index contributed by atoms with van der Waals surface area (Å²) in [6, 6.07) is 0.675. The molecule has 0 radical (unpaired) electrons. The Morgan fingerprint density at radius 1 is 1.54 bits per heavy atom. The number of nitrogens with zero attached hydrogens (tertiary/aromatic N) is 1. The fourth-order valence-corrected chi connectivity index (χ4v) is 2.59. The van der Waals surface area contributed by atoms with Gasteiger partial charge in [-0.15, -0.1) is 0 Å². The summed E-state index contributed by atoms with van der Waals surface area (Å²) in [5, 5.41) is 0. The molecule has 1 heterocycles. The number of rotatable bonds is 3. The van der Waals surface area contributed by atoms with Crippen molar-refractivity contribution in [1.82, 2.24) is 4.90 Å². The Hall–Kier alpha value is -0.570.